The third kappa shape index (κ3) is 10.2. The number of amides is 1. The van der Waals surface area contributed by atoms with Gasteiger partial charge in [-0.2, -0.15) is 0 Å². The van der Waals surface area contributed by atoms with Gasteiger partial charge in [-0.3, -0.25) is 0 Å². The van der Waals surface area contributed by atoms with Gasteiger partial charge in [0.2, 0.25) is 0 Å². The number of rotatable bonds is 8. The highest BCUT2D eigenvalue weighted by molar-refractivity contribution is 5.68. The van der Waals surface area contributed by atoms with Crippen LogP contribution in [0.2, 0.25) is 0 Å². The summed E-state index contributed by atoms with van der Waals surface area (Å²) in [5.74, 6) is 0. The summed E-state index contributed by atoms with van der Waals surface area (Å²) in [6, 6.07) is 0.0153. The van der Waals surface area contributed by atoms with Crippen molar-refractivity contribution in [3.63, 3.8) is 0 Å². The largest absolute Gasteiger partial charge is 0.444 e. The van der Waals surface area contributed by atoms with Crippen LogP contribution < -0.4 is 5.32 Å². The molecule has 3 heteroatoms. The van der Waals surface area contributed by atoms with Crippen LogP contribution in [0.4, 0.5) is 4.79 Å². The Bertz CT molecular complexity index is 243. The molecule has 0 unspecified atom stereocenters. The number of carbonyl (C=O) groups is 1. The first-order valence-corrected chi connectivity index (χ1v) is 7.01. The number of unbranched alkanes of at least 4 members (excludes halogenated alkanes) is 4. The maximum absolute atomic E-state index is 11.6. The van der Waals surface area contributed by atoms with E-state index >= 15 is 0 Å². The topological polar surface area (TPSA) is 38.3 Å². The van der Waals surface area contributed by atoms with Crippen molar-refractivity contribution in [2.45, 2.75) is 77.9 Å². The van der Waals surface area contributed by atoms with E-state index in [1.165, 1.54) is 25.7 Å². The Morgan fingerprint density at radius 2 is 1.89 bits per heavy atom. The Morgan fingerprint density at radius 1 is 1.28 bits per heavy atom. The van der Waals surface area contributed by atoms with Gasteiger partial charge in [-0.05, 0) is 27.2 Å². The van der Waals surface area contributed by atoms with Gasteiger partial charge in [-0.1, -0.05) is 45.1 Å². The average molecular weight is 255 g/mol. The summed E-state index contributed by atoms with van der Waals surface area (Å²) in [7, 11) is 0. The van der Waals surface area contributed by atoms with Crippen molar-refractivity contribution < 1.29 is 9.53 Å². The molecule has 0 aliphatic rings. The summed E-state index contributed by atoms with van der Waals surface area (Å²) < 4.78 is 5.22. The number of alkyl carbamates (subject to hydrolysis) is 1. The van der Waals surface area contributed by atoms with Crippen LogP contribution in [-0.4, -0.2) is 17.7 Å². The monoisotopic (exact) mass is 255 g/mol. The molecule has 0 rings (SSSR count). The van der Waals surface area contributed by atoms with Crippen molar-refractivity contribution >= 4 is 6.09 Å². The third-order valence-corrected chi connectivity index (χ3v) is 2.61. The van der Waals surface area contributed by atoms with Gasteiger partial charge in [0.15, 0.2) is 0 Å². The molecule has 1 N–H and O–H groups in total. The minimum Gasteiger partial charge on any atom is -0.444 e. The van der Waals surface area contributed by atoms with Crippen LogP contribution in [0.3, 0.4) is 0 Å². The first-order chi connectivity index (χ1) is 8.39. The van der Waals surface area contributed by atoms with Gasteiger partial charge < -0.3 is 10.1 Å². The van der Waals surface area contributed by atoms with E-state index < -0.39 is 5.60 Å². The van der Waals surface area contributed by atoms with E-state index in [0.29, 0.717) is 0 Å². The molecule has 0 aliphatic carbocycles. The predicted octanol–water partition coefficient (Wildman–Crippen LogP) is 4.43. The Hall–Kier alpha value is -0.990. The third-order valence-electron chi connectivity index (χ3n) is 2.61. The lowest BCUT2D eigenvalue weighted by molar-refractivity contribution is 0.0512. The van der Waals surface area contributed by atoms with Crippen LogP contribution in [0.1, 0.15) is 66.2 Å². The van der Waals surface area contributed by atoms with E-state index in [1.807, 2.05) is 20.8 Å². The minimum absolute atomic E-state index is 0.0153. The second-order valence-corrected chi connectivity index (χ2v) is 5.69. The minimum atomic E-state index is -0.447. The lowest BCUT2D eigenvalue weighted by Gasteiger charge is -2.22. The molecule has 0 bridgehead atoms. The summed E-state index contributed by atoms with van der Waals surface area (Å²) in [4.78, 5) is 11.6. The molecular weight excluding hydrogens is 226 g/mol. The van der Waals surface area contributed by atoms with Crippen molar-refractivity contribution in [3.05, 3.63) is 12.7 Å². The molecule has 0 heterocycles. The second kappa shape index (κ2) is 9.01. The lowest BCUT2D eigenvalue weighted by Crippen LogP contribution is -2.38. The lowest BCUT2D eigenvalue weighted by atomic mass is 10.1. The fraction of sp³-hybridized carbons (Fsp3) is 0.800. The van der Waals surface area contributed by atoms with E-state index in [2.05, 4.69) is 18.8 Å². The quantitative estimate of drug-likeness (QED) is 0.515. The van der Waals surface area contributed by atoms with Crippen LogP contribution >= 0.6 is 0 Å². The maximum atomic E-state index is 11.6. The number of hydrogen-bond acceptors (Lipinski definition) is 2. The van der Waals surface area contributed by atoms with Crippen LogP contribution in [0, 0.1) is 0 Å². The molecule has 0 aromatic rings. The Labute approximate surface area is 112 Å². The molecule has 0 aromatic heterocycles. The van der Waals surface area contributed by atoms with Crippen LogP contribution in [0.25, 0.3) is 0 Å². The molecule has 18 heavy (non-hydrogen) atoms. The second-order valence-electron chi connectivity index (χ2n) is 5.69. The number of ether oxygens (including phenoxy) is 1. The SMILES string of the molecule is C=C[C@H](CCCCCCC)NC(=O)OC(C)(C)C. The normalized spacial score (nSPS) is 12.9. The summed E-state index contributed by atoms with van der Waals surface area (Å²) in [6.45, 7) is 11.5. The molecule has 0 saturated carbocycles. The molecule has 0 fully saturated rings. The zero-order valence-corrected chi connectivity index (χ0v) is 12.4. The fourth-order valence-electron chi connectivity index (χ4n) is 1.68. The van der Waals surface area contributed by atoms with E-state index in [9.17, 15) is 4.79 Å². The first kappa shape index (κ1) is 17.0. The molecule has 106 valence electrons. The highest BCUT2D eigenvalue weighted by atomic mass is 16.6. The molecule has 0 aliphatic heterocycles. The van der Waals surface area contributed by atoms with Gasteiger partial charge in [-0.15, -0.1) is 6.58 Å². The Balaban J connectivity index is 3.82. The van der Waals surface area contributed by atoms with Crippen LogP contribution in [0.5, 0.6) is 0 Å². The van der Waals surface area contributed by atoms with Gasteiger partial charge in [-0.25, -0.2) is 4.79 Å². The molecule has 0 saturated heterocycles. The van der Waals surface area contributed by atoms with Crippen molar-refractivity contribution in [3.8, 4) is 0 Å². The van der Waals surface area contributed by atoms with Gasteiger partial charge in [0.05, 0.1) is 6.04 Å². The van der Waals surface area contributed by atoms with Gasteiger partial charge in [0, 0.05) is 0 Å². The zero-order chi connectivity index (χ0) is 14.0. The smallest absolute Gasteiger partial charge is 0.408 e. The summed E-state index contributed by atoms with van der Waals surface area (Å²) in [5, 5.41) is 2.83. The summed E-state index contributed by atoms with van der Waals surface area (Å²) >= 11 is 0. The molecule has 0 radical (unpaired) electrons. The summed E-state index contributed by atoms with van der Waals surface area (Å²) in [6.07, 6.45) is 8.50. The molecule has 3 nitrogen and oxygen atoms in total. The van der Waals surface area contributed by atoms with E-state index in [-0.39, 0.29) is 12.1 Å². The molecule has 0 spiro atoms. The predicted molar refractivity (Wildman–Crippen MR) is 76.7 cm³/mol. The van der Waals surface area contributed by atoms with Crippen molar-refractivity contribution in [2.24, 2.45) is 0 Å². The maximum Gasteiger partial charge on any atom is 0.408 e. The Kier molecular flexibility index (Phi) is 8.51. The summed E-state index contributed by atoms with van der Waals surface area (Å²) in [5.41, 5.74) is -0.447. The number of carbonyl (C=O) groups excluding carboxylic acids is 1. The highest BCUT2D eigenvalue weighted by Crippen LogP contribution is 2.10. The van der Waals surface area contributed by atoms with E-state index in [4.69, 9.17) is 4.74 Å². The van der Waals surface area contributed by atoms with Crippen molar-refractivity contribution in [2.75, 3.05) is 0 Å². The molecular formula is C15H29NO2. The Morgan fingerprint density at radius 3 is 2.39 bits per heavy atom. The van der Waals surface area contributed by atoms with Crippen molar-refractivity contribution in [1.82, 2.24) is 5.32 Å². The zero-order valence-electron chi connectivity index (χ0n) is 12.4. The number of hydrogen-bond donors (Lipinski definition) is 1. The van der Waals surface area contributed by atoms with Crippen LogP contribution in [-0.2, 0) is 4.74 Å². The number of nitrogens with one attached hydrogen (secondary N) is 1. The molecule has 1 atom stereocenters. The van der Waals surface area contributed by atoms with E-state index in [1.54, 1.807) is 6.08 Å². The van der Waals surface area contributed by atoms with Gasteiger partial charge in [0.1, 0.15) is 5.60 Å². The fourth-order valence-corrected chi connectivity index (χ4v) is 1.68. The molecule has 1 amide bonds. The van der Waals surface area contributed by atoms with Crippen LogP contribution in [0.15, 0.2) is 12.7 Å². The highest BCUT2D eigenvalue weighted by Gasteiger charge is 2.17. The van der Waals surface area contributed by atoms with Gasteiger partial charge in [0.25, 0.3) is 0 Å². The average Bonchev–Trinajstić information content (AvgIpc) is 2.24. The van der Waals surface area contributed by atoms with Crippen molar-refractivity contribution in [1.29, 1.82) is 0 Å². The standard InChI is InChI=1S/C15H29NO2/c1-6-8-9-10-11-12-13(7-2)16-14(17)18-15(3,4)5/h7,13H,2,6,8-12H2,1,3-5H3,(H,16,17)/t13-/m1/s1. The first-order valence-electron chi connectivity index (χ1n) is 7.01. The van der Waals surface area contributed by atoms with E-state index in [0.717, 1.165) is 12.8 Å². The molecule has 0 aromatic carbocycles. The van der Waals surface area contributed by atoms with Gasteiger partial charge >= 0.3 is 6.09 Å².